The molecule has 0 aliphatic carbocycles. The second-order valence-electron chi connectivity index (χ2n) is 6.22. The summed E-state index contributed by atoms with van der Waals surface area (Å²) < 4.78 is 31.0. The largest absolute Gasteiger partial charge is 0.497 e. The molecule has 0 aliphatic rings. The van der Waals surface area contributed by atoms with Gasteiger partial charge in [-0.25, -0.2) is 13.8 Å². The first-order valence-corrected chi connectivity index (χ1v) is 9.87. The number of ether oxygens (including phenoxy) is 1. The number of likely N-dealkylation sites (N-methyl/N-ethyl adjacent to an activating group) is 1. The first-order valence-electron chi connectivity index (χ1n) is 8.43. The number of nitrogens with one attached hydrogen (secondary N) is 1. The molecule has 2 aromatic carbocycles. The summed E-state index contributed by atoms with van der Waals surface area (Å²) in [5.74, 6) is 0.00745. The lowest BCUT2D eigenvalue weighted by molar-refractivity contribution is -0.121. The lowest BCUT2D eigenvalue weighted by Gasteiger charge is -2.16. The second kappa shape index (κ2) is 9.34. The molecule has 2 rings (SSSR count). The molecular weight excluding hydrogens is 380 g/mol. The molecule has 28 heavy (non-hydrogen) atoms. The molecule has 0 saturated heterocycles. The van der Waals surface area contributed by atoms with Crippen LogP contribution in [0.25, 0.3) is 0 Å². The van der Waals surface area contributed by atoms with Crippen molar-refractivity contribution in [2.75, 3.05) is 39.7 Å². The Kier molecular flexibility index (Phi) is 7.13. The Balaban J connectivity index is 1.93. The van der Waals surface area contributed by atoms with Gasteiger partial charge in [0.2, 0.25) is 10.0 Å². The fourth-order valence-corrected chi connectivity index (χ4v) is 3.41. The summed E-state index contributed by atoms with van der Waals surface area (Å²) in [5, 5.41) is 3.87. The minimum absolute atomic E-state index is 0.0769. The van der Waals surface area contributed by atoms with Crippen LogP contribution in [0.5, 0.6) is 5.75 Å². The van der Waals surface area contributed by atoms with Gasteiger partial charge in [0.15, 0.2) is 0 Å². The van der Waals surface area contributed by atoms with Gasteiger partial charge in [0.05, 0.1) is 24.8 Å². The van der Waals surface area contributed by atoms with E-state index in [0.29, 0.717) is 5.75 Å². The molecule has 0 radical (unpaired) electrons. The Bertz CT molecular complexity index is 923. The topological polar surface area (TPSA) is 91.3 Å². The van der Waals surface area contributed by atoms with Crippen molar-refractivity contribution in [2.24, 2.45) is 5.10 Å². The molecule has 0 unspecified atom stereocenters. The van der Waals surface area contributed by atoms with E-state index in [1.165, 1.54) is 32.5 Å². The molecule has 0 spiro atoms. The van der Waals surface area contributed by atoms with Gasteiger partial charge in [-0.1, -0.05) is 12.1 Å². The first-order chi connectivity index (χ1) is 13.2. The molecule has 0 aliphatic heterocycles. The maximum absolute atomic E-state index is 12.5. The Morgan fingerprint density at radius 1 is 1.07 bits per heavy atom. The number of carbonyl (C=O) groups is 1. The number of hydrazone groups is 1. The maximum atomic E-state index is 12.5. The molecule has 0 heterocycles. The lowest BCUT2D eigenvalue weighted by Crippen LogP contribution is -2.36. The zero-order valence-electron chi connectivity index (χ0n) is 16.3. The summed E-state index contributed by atoms with van der Waals surface area (Å²) in [7, 11) is 2.93. The van der Waals surface area contributed by atoms with E-state index >= 15 is 0 Å². The van der Waals surface area contributed by atoms with Gasteiger partial charge in [0.1, 0.15) is 5.75 Å². The summed E-state index contributed by atoms with van der Waals surface area (Å²) in [4.78, 5) is 14.1. The third kappa shape index (κ3) is 5.54. The summed E-state index contributed by atoms with van der Waals surface area (Å²) >= 11 is 0. The molecule has 0 atom stereocenters. The predicted octanol–water partition coefficient (Wildman–Crippen LogP) is 1.53. The fourth-order valence-electron chi connectivity index (χ4n) is 2.29. The van der Waals surface area contributed by atoms with Crippen LogP contribution in [0.1, 0.15) is 5.56 Å². The standard InChI is InChI=1S/C19H24N4O4S/c1-22(2)16-7-5-15(6-8-16)13-20-21-19(24)14-23(3)28(25,26)18-11-9-17(27-4)10-12-18/h5-13H,14H2,1-4H3,(H,21,24)/b20-13-. The number of amides is 1. The summed E-state index contributed by atoms with van der Waals surface area (Å²) in [6.07, 6.45) is 1.50. The number of nitrogens with zero attached hydrogens (tertiary/aromatic N) is 3. The van der Waals surface area contributed by atoms with E-state index in [1.807, 2.05) is 43.3 Å². The lowest BCUT2D eigenvalue weighted by atomic mass is 10.2. The van der Waals surface area contributed by atoms with E-state index in [2.05, 4.69) is 10.5 Å². The molecule has 0 bridgehead atoms. The Hall–Kier alpha value is -2.91. The van der Waals surface area contributed by atoms with Crippen molar-refractivity contribution in [1.29, 1.82) is 0 Å². The van der Waals surface area contributed by atoms with Gasteiger partial charge in [-0.15, -0.1) is 0 Å². The highest BCUT2D eigenvalue weighted by Crippen LogP contribution is 2.18. The normalized spacial score (nSPS) is 11.6. The Morgan fingerprint density at radius 3 is 2.21 bits per heavy atom. The zero-order valence-corrected chi connectivity index (χ0v) is 17.1. The number of carbonyl (C=O) groups excluding carboxylic acids is 1. The predicted molar refractivity (Wildman–Crippen MR) is 109 cm³/mol. The number of methoxy groups -OCH3 is 1. The minimum Gasteiger partial charge on any atom is -0.497 e. The van der Waals surface area contributed by atoms with Crippen molar-refractivity contribution in [3.63, 3.8) is 0 Å². The van der Waals surface area contributed by atoms with Crippen LogP contribution in [-0.4, -0.2) is 59.6 Å². The van der Waals surface area contributed by atoms with Gasteiger partial charge in [0.25, 0.3) is 5.91 Å². The average molecular weight is 404 g/mol. The second-order valence-corrected chi connectivity index (χ2v) is 8.26. The number of anilines is 1. The van der Waals surface area contributed by atoms with E-state index in [4.69, 9.17) is 4.74 Å². The van der Waals surface area contributed by atoms with Crippen molar-refractivity contribution in [3.05, 3.63) is 54.1 Å². The molecule has 9 heteroatoms. The van der Waals surface area contributed by atoms with Gasteiger partial charge in [0, 0.05) is 26.8 Å². The molecule has 8 nitrogen and oxygen atoms in total. The SMILES string of the molecule is COc1ccc(S(=O)(=O)N(C)CC(=O)N/N=C\c2ccc(N(C)C)cc2)cc1. The van der Waals surface area contributed by atoms with Crippen LogP contribution >= 0.6 is 0 Å². The van der Waals surface area contributed by atoms with Crippen LogP contribution in [-0.2, 0) is 14.8 Å². The van der Waals surface area contributed by atoms with E-state index in [1.54, 1.807) is 12.1 Å². The van der Waals surface area contributed by atoms with Crippen molar-refractivity contribution >= 4 is 27.8 Å². The number of hydrogen-bond donors (Lipinski definition) is 1. The van der Waals surface area contributed by atoms with Crippen molar-refractivity contribution in [1.82, 2.24) is 9.73 Å². The van der Waals surface area contributed by atoms with Gasteiger partial charge < -0.3 is 9.64 Å². The molecule has 0 saturated carbocycles. The third-order valence-electron chi connectivity index (χ3n) is 3.95. The van der Waals surface area contributed by atoms with Crippen LogP contribution in [0.2, 0.25) is 0 Å². The molecule has 1 amide bonds. The smallest absolute Gasteiger partial charge is 0.255 e. The molecule has 1 N–H and O–H groups in total. The summed E-state index contributed by atoms with van der Waals surface area (Å²) in [6, 6.07) is 13.5. The molecule has 0 aromatic heterocycles. The van der Waals surface area contributed by atoms with Crippen molar-refractivity contribution in [2.45, 2.75) is 4.90 Å². The third-order valence-corrected chi connectivity index (χ3v) is 5.76. The monoisotopic (exact) mass is 404 g/mol. The summed E-state index contributed by atoms with van der Waals surface area (Å²) in [6.45, 7) is -0.356. The first kappa shape index (κ1) is 21.4. The number of sulfonamides is 1. The van der Waals surface area contributed by atoms with Gasteiger partial charge in [-0.2, -0.15) is 9.41 Å². The van der Waals surface area contributed by atoms with Crippen LogP contribution < -0.4 is 15.1 Å². The molecule has 0 fully saturated rings. The van der Waals surface area contributed by atoms with Gasteiger partial charge in [-0.3, -0.25) is 4.79 Å². The van der Waals surface area contributed by atoms with E-state index in [-0.39, 0.29) is 11.4 Å². The molecule has 2 aromatic rings. The van der Waals surface area contributed by atoms with Crippen LogP contribution in [0.3, 0.4) is 0 Å². The minimum atomic E-state index is -3.79. The number of benzene rings is 2. The van der Waals surface area contributed by atoms with E-state index < -0.39 is 15.9 Å². The van der Waals surface area contributed by atoms with Crippen LogP contribution in [0.15, 0.2) is 58.5 Å². The fraction of sp³-hybridized carbons (Fsp3) is 0.263. The van der Waals surface area contributed by atoms with Gasteiger partial charge in [-0.05, 0) is 42.0 Å². The van der Waals surface area contributed by atoms with Gasteiger partial charge >= 0.3 is 0 Å². The quantitative estimate of drug-likeness (QED) is 0.532. The Labute approximate surface area is 165 Å². The number of rotatable bonds is 8. The van der Waals surface area contributed by atoms with Crippen LogP contribution in [0.4, 0.5) is 5.69 Å². The van der Waals surface area contributed by atoms with Crippen LogP contribution in [0, 0.1) is 0 Å². The summed E-state index contributed by atoms with van der Waals surface area (Å²) in [5.41, 5.74) is 4.19. The Morgan fingerprint density at radius 2 is 1.68 bits per heavy atom. The zero-order chi connectivity index (χ0) is 20.7. The molecular formula is C19H24N4O4S. The maximum Gasteiger partial charge on any atom is 0.255 e. The van der Waals surface area contributed by atoms with E-state index in [9.17, 15) is 13.2 Å². The average Bonchev–Trinajstić information content (AvgIpc) is 2.68. The highest BCUT2D eigenvalue weighted by atomic mass is 32.2. The van der Waals surface area contributed by atoms with Crippen molar-refractivity contribution in [3.8, 4) is 5.75 Å². The molecule has 150 valence electrons. The highest BCUT2D eigenvalue weighted by molar-refractivity contribution is 7.89. The number of hydrogen-bond acceptors (Lipinski definition) is 6. The van der Waals surface area contributed by atoms with E-state index in [0.717, 1.165) is 15.6 Å². The van der Waals surface area contributed by atoms with Crippen molar-refractivity contribution < 1.29 is 17.9 Å². The highest BCUT2D eigenvalue weighted by Gasteiger charge is 2.22.